The number of fused-ring (bicyclic) bond motifs is 1. The molecular weight excluding hydrogens is 341 g/mol. The summed E-state index contributed by atoms with van der Waals surface area (Å²) in [5.41, 5.74) is 0.255. The quantitative estimate of drug-likeness (QED) is 0.775. The number of carbonyl (C=O) groups excluding carboxylic acids is 3. The molecule has 134 valence electrons. The van der Waals surface area contributed by atoms with E-state index in [0.717, 1.165) is 4.90 Å². The minimum atomic E-state index is -4.35. The molecule has 0 aromatic heterocycles. The van der Waals surface area contributed by atoms with Gasteiger partial charge in [0.15, 0.2) is 0 Å². The van der Waals surface area contributed by atoms with Gasteiger partial charge in [0.2, 0.25) is 0 Å². The Hall–Kier alpha value is -2.42. The molecule has 1 aromatic rings. The molecule has 0 radical (unpaired) electrons. The summed E-state index contributed by atoms with van der Waals surface area (Å²) >= 11 is 0. The molecule has 6 nitrogen and oxygen atoms in total. The maximum Gasteiger partial charge on any atom is 0.401 e. The first kappa shape index (κ1) is 17.4. The number of hydroxylamine groups is 2. The lowest BCUT2D eigenvalue weighted by Crippen LogP contribution is -2.45. The molecule has 3 rings (SSSR count). The second kappa shape index (κ2) is 6.47. The van der Waals surface area contributed by atoms with Gasteiger partial charge in [-0.3, -0.25) is 14.5 Å². The van der Waals surface area contributed by atoms with Crippen LogP contribution >= 0.6 is 0 Å². The van der Waals surface area contributed by atoms with Crippen LogP contribution in [-0.2, 0) is 9.63 Å². The SMILES string of the molecule is O=C(ON1C(=O)c2ccccc2C1=O)C1CCCN(CC(F)(F)F)C1. The Morgan fingerprint density at radius 3 is 2.32 bits per heavy atom. The number of hydrogen-bond donors (Lipinski definition) is 0. The van der Waals surface area contributed by atoms with Gasteiger partial charge in [0.1, 0.15) is 0 Å². The van der Waals surface area contributed by atoms with Crippen molar-refractivity contribution < 1.29 is 32.4 Å². The third kappa shape index (κ3) is 3.65. The van der Waals surface area contributed by atoms with Crippen LogP contribution in [0.25, 0.3) is 0 Å². The van der Waals surface area contributed by atoms with Gasteiger partial charge in [0.05, 0.1) is 23.6 Å². The number of piperidine rings is 1. The fourth-order valence-electron chi connectivity index (χ4n) is 3.06. The van der Waals surface area contributed by atoms with Crippen molar-refractivity contribution in [3.63, 3.8) is 0 Å². The molecule has 0 aliphatic carbocycles. The van der Waals surface area contributed by atoms with E-state index in [1.54, 1.807) is 12.1 Å². The van der Waals surface area contributed by atoms with E-state index < -0.39 is 36.4 Å². The second-order valence-electron chi connectivity index (χ2n) is 6.05. The number of hydrogen-bond acceptors (Lipinski definition) is 5. The molecule has 1 atom stereocenters. The van der Waals surface area contributed by atoms with Crippen LogP contribution in [0.5, 0.6) is 0 Å². The van der Waals surface area contributed by atoms with Crippen LogP contribution < -0.4 is 0 Å². The number of rotatable bonds is 3. The first-order chi connectivity index (χ1) is 11.8. The molecule has 9 heteroatoms. The van der Waals surface area contributed by atoms with Crippen molar-refractivity contribution in [2.45, 2.75) is 19.0 Å². The maximum atomic E-state index is 12.5. The van der Waals surface area contributed by atoms with Gasteiger partial charge in [-0.05, 0) is 31.5 Å². The minimum absolute atomic E-state index is 0.123. The number of imide groups is 1. The fraction of sp³-hybridized carbons (Fsp3) is 0.438. The molecular formula is C16H15F3N2O4. The number of amides is 2. The Morgan fingerprint density at radius 1 is 1.16 bits per heavy atom. The van der Waals surface area contributed by atoms with E-state index in [1.165, 1.54) is 12.1 Å². The van der Waals surface area contributed by atoms with Crippen molar-refractivity contribution in [1.82, 2.24) is 9.96 Å². The number of nitrogens with zero attached hydrogens (tertiary/aromatic N) is 2. The lowest BCUT2D eigenvalue weighted by molar-refractivity contribution is -0.179. The van der Waals surface area contributed by atoms with Gasteiger partial charge in [-0.15, -0.1) is 0 Å². The summed E-state index contributed by atoms with van der Waals surface area (Å²) in [5, 5.41) is 0.385. The predicted molar refractivity (Wildman–Crippen MR) is 78.3 cm³/mol. The summed E-state index contributed by atoms with van der Waals surface area (Å²) < 4.78 is 37.5. The van der Waals surface area contributed by atoms with Crippen molar-refractivity contribution in [3.8, 4) is 0 Å². The molecule has 25 heavy (non-hydrogen) atoms. The molecule has 1 fully saturated rings. The van der Waals surface area contributed by atoms with Crippen LogP contribution in [0.2, 0.25) is 0 Å². The van der Waals surface area contributed by atoms with E-state index in [4.69, 9.17) is 4.84 Å². The van der Waals surface area contributed by atoms with Crippen molar-refractivity contribution in [2.75, 3.05) is 19.6 Å². The zero-order valence-corrected chi connectivity index (χ0v) is 13.1. The Kier molecular flexibility index (Phi) is 4.51. The number of halogens is 3. The third-order valence-corrected chi connectivity index (χ3v) is 4.18. The van der Waals surface area contributed by atoms with E-state index in [-0.39, 0.29) is 24.2 Å². The van der Waals surface area contributed by atoms with Crippen LogP contribution in [0.4, 0.5) is 13.2 Å². The highest BCUT2D eigenvalue weighted by atomic mass is 19.4. The molecule has 1 unspecified atom stereocenters. The third-order valence-electron chi connectivity index (χ3n) is 4.18. The summed E-state index contributed by atoms with van der Waals surface area (Å²) in [6, 6.07) is 6.03. The van der Waals surface area contributed by atoms with Crippen molar-refractivity contribution in [2.24, 2.45) is 5.92 Å². The number of alkyl halides is 3. The van der Waals surface area contributed by atoms with Crippen molar-refractivity contribution >= 4 is 17.8 Å². The molecule has 0 bridgehead atoms. The minimum Gasteiger partial charge on any atom is -0.329 e. The van der Waals surface area contributed by atoms with Crippen LogP contribution in [-0.4, -0.2) is 53.6 Å². The van der Waals surface area contributed by atoms with Gasteiger partial charge in [0, 0.05) is 6.54 Å². The highest BCUT2D eigenvalue weighted by Gasteiger charge is 2.41. The Labute approximate surface area is 141 Å². The molecule has 0 N–H and O–H groups in total. The first-order valence-corrected chi connectivity index (χ1v) is 7.75. The summed E-state index contributed by atoms with van der Waals surface area (Å²) in [5.74, 6) is -3.20. The van der Waals surface area contributed by atoms with Crippen LogP contribution in [0.1, 0.15) is 33.6 Å². The average molecular weight is 356 g/mol. The standard InChI is InChI=1S/C16H15F3N2O4/c17-16(18,19)9-20-7-3-4-10(8-20)15(24)25-21-13(22)11-5-1-2-6-12(11)14(21)23/h1-2,5-6,10H,3-4,7-9H2. The van der Waals surface area contributed by atoms with Crippen LogP contribution in [0.15, 0.2) is 24.3 Å². The van der Waals surface area contributed by atoms with Crippen molar-refractivity contribution in [1.29, 1.82) is 0 Å². The number of carbonyl (C=O) groups is 3. The Morgan fingerprint density at radius 2 is 1.76 bits per heavy atom. The lowest BCUT2D eigenvalue weighted by atomic mass is 9.98. The largest absolute Gasteiger partial charge is 0.401 e. The predicted octanol–water partition coefficient (Wildman–Crippen LogP) is 2.02. The lowest BCUT2D eigenvalue weighted by Gasteiger charge is -2.32. The van der Waals surface area contributed by atoms with E-state index in [2.05, 4.69) is 0 Å². The number of likely N-dealkylation sites (tertiary alicyclic amines) is 1. The average Bonchev–Trinajstić information content (AvgIpc) is 2.79. The van der Waals surface area contributed by atoms with Crippen LogP contribution in [0, 0.1) is 5.92 Å². The molecule has 0 saturated carbocycles. The molecule has 2 aliphatic rings. The van der Waals surface area contributed by atoms with Gasteiger partial charge < -0.3 is 4.84 Å². The monoisotopic (exact) mass is 356 g/mol. The second-order valence-corrected chi connectivity index (χ2v) is 6.05. The number of benzene rings is 1. The van der Waals surface area contributed by atoms with Gasteiger partial charge >= 0.3 is 12.1 Å². The molecule has 2 heterocycles. The van der Waals surface area contributed by atoms with Crippen LogP contribution in [0.3, 0.4) is 0 Å². The van der Waals surface area contributed by atoms with Gasteiger partial charge in [-0.1, -0.05) is 17.2 Å². The summed E-state index contributed by atoms with van der Waals surface area (Å²) in [4.78, 5) is 42.6. The van der Waals surface area contributed by atoms with Gasteiger partial charge in [0.25, 0.3) is 11.8 Å². The molecule has 1 aromatic carbocycles. The Balaban J connectivity index is 1.65. The van der Waals surface area contributed by atoms with Gasteiger partial charge in [-0.25, -0.2) is 4.79 Å². The molecule has 2 amide bonds. The smallest absolute Gasteiger partial charge is 0.329 e. The Bertz CT molecular complexity index is 685. The van der Waals surface area contributed by atoms with Gasteiger partial charge in [-0.2, -0.15) is 13.2 Å². The highest BCUT2D eigenvalue weighted by Crippen LogP contribution is 2.26. The zero-order valence-electron chi connectivity index (χ0n) is 13.1. The zero-order chi connectivity index (χ0) is 18.2. The highest BCUT2D eigenvalue weighted by molar-refractivity contribution is 6.20. The summed E-state index contributed by atoms with van der Waals surface area (Å²) in [6.07, 6.45) is -3.61. The van der Waals surface area contributed by atoms with Crippen molar-refractivity contribution in [3.05, 3.63) is 35.4 Å². The summed E-state index contributed by atoms with van der Waals surface area (Å²) in [7, 11) is 0. The first-order valence-electron chi connectivity index (χ1n) is 7.75. The fourth-order valence-corrected chi connectivity index (χ4v) is 3.06. The normalized spacial score (nSPS) is 21.4. The van der Waals surface area contributed by atoms with E-state index in [1.807, 2.05) is 0 Å². The van der Waals surface area contributed by atoms with E-state index in [9.17, 15) is 27.6 Å². The maximum absolute atomic E-state index is 12.5. The van der Waals surface area contributed by atoms with E-state index in [0.29, 0.717) is 17.9 Å². The molecule has 0 spiro atoms. The van der Waals surface area contributed by atoms with E-state index >= 15 is 0 Å². The molecule has 2 aliphatic heterocycles. The molecule has 1 saturated heterocycles. The topological polar surface area (TPSA) is 66.9 Å². The summed E-state index contributed by atoms with van der Waals surface area (Å²) in [6.45, 7) is -0.998.